The minimum atomic E-state index is -1.03. The van der Waals surface area contributed by atoms with Crippen LogP contribution in [0.15, 0.2) is 24.5 Å². The molecule has 0 unspecified atom stereocenters. The maximum Gasteiger partial charge on any atom is 0.336 e. The zero-order chi connectivity index (χ0) is 15.2. The second-order valence-electron chi connectivity index (χ2n) is 4.40. The number of aryl methyl sites for hydroxylation is 1. The Kier molecular flexibility index (Phi) is 4.50. The van der Waals surface area contributed by atoms with Gasteiger partial charge in [0.05, 0.1) is 5.56 Å². The topological polar surface area (TPSA) is 120 Å². The van der Waals surface area contributed by atoms with Gasteiger partial charge in [-0.2, -0.15) is 5.10 Å². The van der Waals surface area contributed by atoms with E-state index in [-0.39, 0.29) is 5.56 Å². The highest BCUT2D eigenvalue weighted by Crippen LogP contribution is 2.15. The van der Waals surface area contributed by atoms with Crippen LogP contribution in [0.1, 0.15) is 21.7 Å². The highest BCUT2D eigenvalue weighted by molar-refractivity contribution is 5.94. The molecule has 4 N–H and O–H groups in total. The number of anilines is 1. The quantitative estimate of drug-likeness (QED) is 0.658. The van der Waals surface area contributed by atoms with Gasteiger partial charge in [0.1, 0.15) is 12.2 Å². The summed E-state index contributed by atoms with van der Waals surface area (Å²) in [6.07, 6.45) is 1.93. The minimum absolute atomic E-state index is 0.162. The summed E-state index contributed by atoms with van der Waals surface area (Å²) in [4.78, 5) is 26.6. The number of carbonyl (C=O) groups is 2. The lowest BCUT2D eigenvalue weighted by Gasteiger charge is -2.09. The fourth-order valence-corrected chi connectivity index (χ4v) is 1.75. The maximum absolute atomic E-state index is 11.7. The van der Waals surface area contributed by atoms with E-state index in [1.165, 1.54) is 12.4 Å². The molecule has 1 aromatic heterocycles. The Balaban J connectivity index is 1.87. The third kappa shape index (κ3) is 4.03. The average molecular weight is 289 g/mol. The molecule has 0 aliphatic rings. The summed E-state index contributed by atoms with van der Waals surface area (Å²) in [6.45, 7) is 2.09. The van der Waals surface area contributed by atoms with Gasteiger partial charge in [-0.1, -0.05) is 6.07 Å². The van der Waals surface area contributed by atoms with Crippen LogP contribution in [0.2, 0.25) is 0 Å². The molecule has 0 atom stereocenters. The number of carbonyl (C=O) groups excluding carboxylic acids is 1. The maximum atomic E-state index is 11.7. The summed E-state index contributed by atoms with van der Waals surface area (Å²) in [5.74, 6) is -0.347. The number of aromatic nitrogens is 3. The lowest BCUT2D eigenvalue weighted by molar-refractivity contribution is 0.0696. The number of carboxylic acids is 1. The Morgan fingerprint density at radius 3 is 2.86 bits per heavy atom. The van der Waals surface area contributed by atoms with E-state index in [1.807, 2.05) is 0 Å². The molecule has 0 aliphatic carbocycles. The minimum Gasteiger partial charge on any atom is -0.478 e. The molecule has 0 fully saturated rings. The molecule has 0 spiro atoms. The number of carboxylic acid groups (broad SMARTS) is 1. The van der Waals surface area contributed by atoms with Crippen molar-refractivity contribution in [2.45, 2.75) is 13.3 Å². The molecule has 2 aromatic rings. The van der Waals surface area contributed by atoms with Crippen LogP contribution in [-0.2, 0) is 6.42 Å². The first kappa shape index (κ1) is 14.5. The van der Waals surface area contributed by atoms with Crippen molar-refractivity contribution in [1.82, 2.24) is 20.5 Å². The second-order valence-corrected chi connectivity index (χ2v) is 4.40. The lowest BCUT2D eigenvalue weighted by Crippen LogP contribution is -2.30. The first-order valence-corrected chi connectivity index (χ1v) is 6.29. The predicted octanol–water partition coefficient (Wildman–Crippen LogP) is 1.18. The Bertz CT molecular complexity index is 639. The van der Waals surface area contributed by atoms with Crippen LogP contribution >= 0.6 is 0 Å². The number of H-pyrrole nitrogens is 1. The van der Waals surface area contributed by atoms with Crippen LogP contribution in [0, 0.1) is 6.92 Å². The standard InChI is InChI=1S/C13H15N5O3/c1-8-2-3-9(6-10(8)12(19)20)17-13(21)14-5-4-11-15-7-16-18-11/h2-3,6-7H,4-5H2,1H3,(H,19,20)(H2,14,17,21)(H,15,16,18). The van der Waals surface area contributed by atoms with E-state index in [1.54, 1.807) is 19.1 Å². The van der Waals surface area contributed by atoms with Crippen molar-refractivity contribution in [2.75, 3.05) is 11.9 Å². The number of urea groups is 1. The molecule has 2 rings (SSSR count). The number of nitrogens with one attached hydrogen (secondary N) is 3. The van der Waals surface area contributed by atoms with Gasteiger partial charge in [0.25, 0.3) is 0 Å². The van der Waals surface area contributed by atoms with Crippen LogP contribution in [0.25, 0.3) is 0 Å². The van der Waals surface area contributed by atoms with Crippen molar-refractivity contribution in [2.24, 2.45) is 0 Å². The van der Waals surface area contributed by atoms with Gasteiger partial charge in [0, 0.05) is 18.7 Å². The van der Waals surface area contributed by atoms with E-state index < -0.39 is 12.0 Å². The monoisotopic (exact) mass is 289 g/mol. The van der Waals surface area contributed by atoms with E-state index in [9.17, 15) is 9.59 Å². The van der Waals surface area contributed by atoms with Crippen LogP contribution < -0.4 is 10.6 Å². The smallest absolute Gasteiger partial charge is 0.336 e. The number of amides is 2. The van der Waals surface area contributed by atoms with E-state index >= 15 is 0 Å². The van der Waals surface area contributed by atoms with E-state index in [0.717, 1.165) is 0 Å². The predicted molar refractivity (Wildman–Crippen MR) is 75.2 cm³/mol. The molecule has 21 heavy (non-hydrogen) atoms. The molecular formula is C13H15N5O3. The Morgan fingerprint density at radius 2 is 2.19 bits per heavy atom. The number of nitrogens with zero attached hydrogens (tertiary/aromatic N) is 2. The van der Waals surface area contributed by atoms with Crippen molar-refractivity contribution < 1.29 is 14.7 Å². The molecule has 110 valence electrons. The Labute approximate surface area is 120 Å². The van der Waals surface area contributed by atoms with E-state index in [2.05, 4.69) is 25.8 Å². The van der Waals surface area contributed by atoms with Gasteiger partial charge in [-0.15, -0.1) is 0 Å². The molecule has 0 aliphatic heterocycles. The van der Waals surface area contributed by atoms with Gasteiger partial charge >= 0.3 is 12.0 Å². The molecule has 0 radical (unpaired) electrons. The first-order valence-electron chi connectivity index (χ1n) is 6.29. The molecule has 2 amide bonds. The largest absolute Gasteiger partial charge is 0.478 e. The normalized spacial score (nSPS) is 10.1. The lowest BCUT2D eigenvalue weighted by atomic mass is 10.1. The summed E-state index contributed by atoms with van der Waals surface area (Å²) < 4.78 is 0. The number of rotatable bonds is 5. The van der Waals surface area contributed by atoms with E-state index in [0.29, 0.717) is 30.0 Å². The molecule has 0 saturated heterocycles. The number of aromatic amines is 1. The van der Waals surface area contributed by atoms with Crippen molar-refractivity contribution in [3.05, 3.63) is 41.5 Å². The molecule has 0 saturated carbocycles. The number of hydrogen-bond donors (Lipinski definition) is 4. The molecular weight excluding hydrogens is 274 g/mol. The number of aromatic carboxylic acids is 1. The Morgan fingerprint density at radius 1 is 1.38 bits per heavy atom. The van der Waals surface area contributed by atoms with Crippen LogP contribution in [0.3, 0.4) is 0 Å². The van der Waals surface area contributed by atoms with Gasteiger partial charge in [0.15, 0.2) is 0 Å². The van der Waals surface area contributed by atoms with Crippen LogP contribution in [0.5, 0.6) is 0 Å². The summed E-state index contributed by atoms with van der Waals surface area (Å²) >= 11 is 0. The molecule has 0 bridgehead atoms. The fourth-order valence-electron chi connectivity index (χ4n) is 1.75. The molecule has 1 aromatic carbocycles. The zero-order valence-electron chi connectivity index (χ0n) is 11.4. The average Bonchev–Trinajstić information content (AvgIpc) is 2.94. The highest BCUT2D eigenvalue weighted by atomic mass is 16.4. The van der Waals surface area contributed by atoms with Crippen molar-refractivity contribution >= 4 is 17.7 Å². The van der Waals surface area contributed by atoms with Crippen LogP contribution in [0.4, 0.5) is 10.5 Å². The summed E-state index contributed by atoms with van der Waals surface area (Å²) in [6, 6.07) is 4.31. The summed E-state index contributed by atoms with van der Waals surface area (Å²) in [7, 11) is 0. The summed E-state index contributed by atoms with van der Waals surface area (Å²) in [5, 5.41) is 20.6. The zero-order valence-corrected chi connectivity index (χ0v) is 11.4. The number of hydrogen-bond acceptors (Lipinski definition) is 4. The van der Waals surface area contributed by atoms with Crippen molar-refractivity contribution in [3.8, 4) is 0 Å². The first-order chi connectivity index (χ1) is 10.1. The second kappa shape index (κ2) is 6.51. The van der Waals surface area contributed by atoms with Gasteiger partial charge < -0.3 is 15.7 Å². The Hall–Kier alpha value is -2.90. The summed E-state index contributed by atoms with van der Waals surface area (Å²) in [5.41, 5.74) is 1.23. The number of benzene rings is 1. The molecule has 8 heteroatoms. The SMILES string of the molecule is Cc1ccc(NC(=O)NCCc2ncn[nH]2)cc1C(=O)O. The van der Waals surface area contributed by atoms with Crippen molar-refractivity contribution in [3.63, 3.8) is 0 Å². The van der Waals surface area contributed by atoms with Gasteiger partial charge in [-0.25, -0.2) is 14.6 Å². The van der Waals surface area contributed by atoms with Crippen molar-refractivity contribution in [1.29, 1.82) is 0 Å². The van der Waals surface area contributed by atoms with Crippen LogP contribution in [-0.4, -0.2) is 38.8 Å². The highest BCUT2D eigenvalue weighted by Gasteiger charge is 2.09. The van der Waals surface area contributed by atoms with Gasteiger partial charge in [-0.05, 0) is 24.6 Å². The van der Waals surface area contributed by atoms with Gasteiger partial charge in [-0.3, -0.25) is 5.10 Å². The molecule has 8 nitrogen and oxygen atoms in total. The fraction of sp³-hybridized carbons (Fsp3) is 0.231. The van der Waals surface area contributed by atoms with E-state index in [4.69, 9.17) is 5.11 Å². The van der Waals surface area contributed by atoms with Gasteiger partial charge in [0.2, 0.25) is 0 Å². The molecule has 1 heterocycles. The third-order valence-corrected chi connectivity index (χ3v) is 2.84. The third-order valence-electron chi connectivity index (χ3n) is 2.84.